The highest BCUT2D eigenvalue weighted by atomic mass is 19.3. The van der Waals surface area contributed by atoms with Crippen LogP contribution in [0, 0.1) is 12.7 Å². The number of ether oxygens (including phenoxy) is 2. The molecule has 0 amide bonds. The third-order valence-electron chi connectivity index (χ3n) is 6.89. The molecular formula is C25H28F5N7O2. The predicted molar refractivity (Wildman–Crippen MR) is 134 cm³/mol. The van der Waals surface area contributed by atoms with E-state index in [-0.39, 0.29) is 29.3 Å². The standard InChI is InChI=1S/C25H28F5N7O2/c1-14-31-17-5-4-15(10-18(17)36(14)12-20(27)28)21-16(26)11-37-22(21)23(39-3)33-24(34-37)32-19-6-7-35(8-9-38-2)13-25(19,29)30/h4-5,10-11,19-20H,6-9,12-13H2,1-3H3,(H,32,34)/t19-/m1/s1. The topological polar surface area (TPSA) is 81.7 Å². The average Bonchev–Trinajstić information content (AvgIpc) is 3.37. The number of hydrogen-bond donors (Lipinski definition) is 1. The molecule has 1 aliphatic heterocycles. The number of nitrogens with zero attached hydrogens (tertiary/aromatic N) is 6. The number of anilines is 1. The molecule has 14 heteroatoms. The molecule has 210 valence electrons. The van der Waals surface area contributed by atoms with Crippen LogP contribution in [0.5, 0.6) is 5.88 Å². The second-order valence-electron chi connectivity index (χ2n) is 9.47. The molecule has 4 heterocycles. The quantitative estimate of drug-likeness (QED) is 0.311. The van der Waals surface area contributed by atoms with E-state index in [1.54, 1.807) is 30.0 Å². The molecular weight excluding hydrogens is 525 g/mol. The van der Waals surface area contributed by atoms with Crippen molar-refractivity contribution in [1.82, 2.24) is 29.0 Å². The Morgan fingerprint density at radius 1 is 1.21 bits per heavy atom. The highest BCUT2D eigenvalue weighted by Gasteiger charge is 2.45. The van der Waals surface area contributed by atoms with Crippen LogP contribution < -0.4 is 10.1 Å². The van der Waals surface area contributed by atoms with Gasteiger partial charge >= 0.3 is 0 Å². The highest BCUT2D eigenvalue weighted by molar-refractivity contribution is 5.90. The molecule has 5 rings (SSSR count). The van der Waals surface area contributed by atoms with E-state index in [1.807, 2.05) is 0 Å². The van der Waals surface area contributed by atoms with Gasteiger partial charge in [-0.25, -0.2) is 31.5 Å². The Kier molecular flexibility index (Phi) is 7.33. The van der Waals surface area contributed by atoms with Crippen LogP contribution in [-0.2, 0) is 11.3 Å². The summed E-state index contributed by atoms with van der Waals surface area (Å²) in [6.07, 6.45) is -1.37. The maximum atomic E-state index is 15.3. The average molecular weight is 554 g/mol. The van der Waals surface area contributed by atoms with E-state index in [2.05, 4.69) is 20.4 Å². The van der Waals surface area contributed by atoms with E-state index in [9.17, 15) is 17.6 Å². The summed E-state index contributed by atoms with van der Waals surface area (Å²) >= 11 is 0. The van der Waals surface area contributed by atoms with E-state index in [4.69, 9.17) is 9.47 Å². The summed E-state index contributed by atoms with van der Waals surface area (Å²) in [5, 5.41) is 6.93. The fourth-order valence-electron chi connectivity index (χ4n) is 5.02. The molecule has 1 N–H and O–H groups in total. The van der Waals surface area contributed by atoms with Crippen molar-refractivity contribution in [1.29, 1.82) is 0 Å². The van der Waals surface area contributed by atoms with Gasteiger partial charge in [-0.3, -0.25) is 4.90 Å². The number of aryl methyl sites for hydroxylation is 1. The lowest BCUT2D eigenvalue weighted by atomic mass is 10.0. The van der Waals surface area contributed by atoms with Crippen molar-refractivity contribution in [3.8, 4) is 17.0 Å². The Bertz CT molecular complexity index is 1490. The summed E-state index contributed by atoms with van der Waals surface area (Å²) in [6.45, 7) is 1.81. The Morgan fingerprint density at radius 3 is 2.69 bits per heavy atom. The molecule has 0 saturated carbocycles. The molecule has 1 aliphatic rings. The third-order valence-corrected chi connectivity index (χ3v) is 6.89. The minimum Gasteiger partial charge on any atom is -0.479 e. The van der Waals surface area contributed by atoms with Crippen LogP contribution in [0.3, 0.4) is 0 Å². The Balaban J connectivity index is 1.49. The molecule has 1 atom stereocenters. The first-order valence-electron chi connectivity index (χ1n) is 12.3. The first kappa shape index (κ1) is 27.1. The smallest absolute Gasteiger partial charge is 0.280 e. The normalized spacial score (nSPS) is 17.9. The number of methoxy groups -OCH3 is 2. The SMILES string of the molecule is COCCN1CC[C@@H](Nc2nc(OC)c3c(-c4ccc5nc(C)n(CC(F)F)c5c4)c(F)cn3n2)C(F)(F)C1. The number of imidazole rings is 1. The second-order valence-corrected chi connectivity index (χ2v) is 9.47. The van der Waals surface area contributed by atoms with Gasteiger partial charge in [0.05, 0.1) is 55.6 Å². The van der Waals surface area contributed by atoms with Gasteiger partial charge in [0.15, 0.2) is 5.82 Å². The van der Waals surface area contributed by atoms with Gasteiger partial charge < -0.3 is 19.4 Å². The van der Waals surface area contributed by atoms with Crippen molar-refractivity contribution >= 4 is 22.5 Å². The van der Waals surface area contributed by atoms with Crippen LogP contribution in [0.15, 0.2) is 24.4 Å². The fourth-order valence-corrected chi connectivity index (χ4v) is 5.02. The first-order valence-corrected chi connectivity index (χ1v) is 12.3. The zero-order chi connectivity index (χ0) is 27.9. The molecule has 3 aromatic heterocycles. The zero-order valence-corrected chi connectivity index (χ0v) is 21.6. The van der Waals surface area contributed by atoms with Gasteiger partial charge in [-0.1, -0.05) is 6.07 Å². The molecule has 0 radical (unpaired) electrons. The maximum absolute atomic E-state index is 15.3. The lowest BCUT2D eigenvalue weighted by Gasteiger charge is -2.38. The number of aromatic nitrogens is 5. The number of benzene rings is 1. The number of halogens is 5. The number of hydrogen-bond acceptors (Lipinski definition) is 7. The minimum absolute atomic E-state index is 0.0374. The summed E-state index contributed by atoms with van der Waals surface area (Å²) in [4.78, 5) is 10.2. The van der Waals surface area contributed by atoms with Gasteiger partial charge in [0, 0.05) is 20.2 Å². The minimum atomic E-state index is -3.07. The summed E-state index contributed by atoms with van der Waals surface area (Å²) in [7, 11) is 2.85. The van der Waals surface area contributed by atoms with Crippen LogP contribution in [0.2, 0.25) is 0 Å². The molecule has 0 spiro atoms. The summed E-state index contributed by atoms with van der Waals surface area (Å²) in [6, 6.07) is 3.56. The maximum Gasteiger partial charge on any atom is 0.280 e. The lowest BCUT2D eigenvalue weighted by molar-refractivity contribution is -0.0770. The Morgan fingerprint density at radius 2 is 2.00 bits per heavy atom. The number of piperidine rings is 1. The Labute approximate surface area is 220 Å². The van der Waals surface area contributed by atoms with Crippen molar-refractivity contribution in [3.63, 3.8) is 0 Å². The molecule has 0 unspecified atom stereocenters. The molecule has 4 aromatic rings. The van der Waals surface area contributed by atoms with Crippen molar-refractivity contribution in [2.75, 3.05) is 45.8 Å². The molecule has 0 aliphatic carbocycles. The molecule has 1 aromatic carbocycles. The zero-order valence-electron chi connectivity index (χ0n) is 21.6. The molecule has 0 bridgehead atoms. The van der Waals surface area contributed by atoms with Crippen LogP contribution in [0.1, 0.15) is 12.2 Å². The molecule has 9 nitrogen and oxygen atoms in total. The van der Waals surface area contributed by atoms with Crippen LogP contribution in [0.4, 0.5) is 27.9 Å². The summed E-state index contributed by atoms with van der Waals surface area (Å²) in [5.41, 5.74) is 1.53. The van der Waals surface area contributed by atoms with Crippen molar-refractivity contribution in [3.05, 3.63) is 36.0 Å². The van der Waals surface area contributed by atoms with Gasteiger partial charge in [-0.2, -0.15) is 4.98 Å². The largest absolute Gasteiger partial charge is 0.479 e. The molecule has 1 saturated heterocycles. The Hall–Kier alpha value is -3.52. The fraction of sp³-hybridized carbons (Fsp3) is 0.480. The van der Waals surface area contributed by atoms with Gasteiger partial charge in [0.25, 0.3) is 12.3 Å². The number of likely N-dealkylation sites (tertiary alicyclic amines) is 1. The van der Waals surface area contributed by atoms with Crippen LogP contribution in [0.25, 0.3) is 27.7 Å². The lowest BCUT2D eigenvalue weighted by Crippen LogP contribution is -2.55. The predicted octanol–water partition coefficient (Wildman–Crippen LogP) is 4.24. The number of rotatable bonds is 9. The molecule has 1 fully saturated rings. The van der Waals surface area contributed by atoms with Crippen molar-refractivity contribution < 1.29 is 31.4 Å². The van der Waals surface area contributed by atoms with Crippen molar-refractivity contribution in [2.24, 2.45) is 0 Å². The van der Waals surface area contributed by atoms with Gasteiger partial charge in [-0.05, 0) is 31.0 Å². The van der Waals surface area contributed by atoms with Gasteiger partial charge in [0.2, 0.25) is 11.8 Å². The monoisotopic (exact) mass is 553 g/mol. The first-order chi connectivity index (χ1) is 18.6. The van der Waals surface area contributed by atoms with Crippen LogP contribution >= 0.6 is 0 Å². The van der Waals surface area contributed by atoms with E-state index < -0.39 is 37.3 Å². The highest BCUT2D eigenvalue weighted by Crippen LogP contribution is 2.36. The summed E-state index contributed by atoms with van der Waals surface area (Å²) in [5.74, 6) is -3.52. The van der Waals surface area contributed by atoms with E-state index in [0.29, 0.717) is 42.1 Å². The number of fused-ring (bicyclic) bond motifs is 2. The van der Waals surface area contributed by atoms with E-state index in [0.717, 1.165) is 6.20 Å². The second kappa shape index (κ2) is 10.6. The molecule has 39 heavy (non-hydrogen) atoms. The van der Waals surface area contributed by atoms with E-state index in [1.165, 1.54) is 23.3 Å². The summed E-state index contributed by atoms with van der Waals surface area (Å²) < 4.78 is 84.4. The van der Waals surface area contributed by atoms with Gasteiger partial charge in [-0.15, -0.1) is 5.10 Å². The number of alkyl halides is 4. The third kappa shape index (κ3) is 5.22. The van der Waals surface area contributed by atoms with E-state index >= 15 is 4.39 Å². The number of nitrogens with one attached hydrogen (secondary N) is 1. The van der Waals surface area contributed by atoms with Crippen LogP contribution in [-0.4, -0.2) is 87.9 Å². The van der Waals surface area contributed by atoms with Gasteiger partial charge in [0.1, 0.15) is 11.3 Å². The van der Waals surface area contributed by atoms with Crippen molar-refractivity contribution in [2.45, 2.75) is 38.3 Å².